The average Bonchev–Trinajstić information content (AvgIpc) is 3.12. The first kappa shape index (κ1) is 25.0. The van der Waals surface area contributed by atoms with Crippen LogP contribution < -0.4 is 11.1 Å². The summed E-state index contributed by atoms with van der Waals surface area (Å²) in [4.78, 5) is 29.4. The van der Waals surface area contributed by atoms with E-state index in [1.165, 1.54) is 23.4 Å². The van der Waals surface area contributed by atoms with Crippen molar-refractivity contribution in [3.05, 3.63) is 36.1 Å². The third-order valence-electron chi connectivity index (χ3n) is 5.46. The van der Waals surface area contributed by atoms with Crippen LogP contribution in [-0.2, 0) is 9.53 Å². The Balaban J connectivity index is 1.89. The van der Waals surface area contributed by atoms with E-state index in [-0.39, 0.29) is 48.5 Å². The summed E-state index contributed by atoms with van der Waals surface area (Å²) in [5.41, 5.74) is 5.21. The molecule has 3 heterocycles. The third kappa shape index (κ3) is 5.66. The lowest BCUT2D eigenvalue weighted by Gasteiger charge is -2.41. The molecule has 10 nitrogen and oxygen atoms in total. The predicted molar refractivity (Wildman–Crippen MR) is 119 cm³/mol. The number of ether oxygens (including phenoxy) is 1. The molecule has 0 saturated carbocycles. The van der Waals surface area contributed by atoms with E-state index in [1.807, 2.05) is 6.07 Å². The highest BCUT2D eigenvalue weighted by Gasteiger charge is 2.50. The van der Waals surface area contributed by atoms with Crippen molar-refractivity contribution < 1.29 is 27.7 Å². The number of amidine groups is 1. The maximum Gasteiger partial charge on any atom is 0.410 e. The van der Waals surface area contributed by atoms with Gasteiger partial charge in [0, 0.05) is 13.0 Å². The topological polar surface area (TPSA) is 134 Å². The second kappa shape index (κ2) is 9.72. The molecule has 3 atom stereocenters. The number of quaternary nitrogens is 1. The number of hydrogen-bond acceptors (Lipinski definition) is 7. The molecule has 34 heavy (non-hydrogen) atoms. The SMILES string of the molecule is CC(C)(C)OC(=O)N1CC[C@@H]([N+]2(CCC#N)C=C(C(N)=O)C(Nc3ccc(F)nc3)=N2)[C@@H](F)C1. The summed E-state index contributed by atoms with van der Waals surface area (Å²) in [6, 6.07) is 3.80. The number of amides is 2. The Morgan fingerprint density at radius 1 is 1.41 bits per heavy atom. The number of piperidine rings is 1. The molecule has 2 aliphatic heterocycles. The highest BCUT2D eigenvalue weighted by molar-refractivity contribution is 6.25. The van der Waals surface area contributed by atoms with Gasteiger partial charge in [0.05, 0.1) is 30.9 Å². The molecule has 1 fully saturated rings. The number of halogens is 2. The molecule has 3 rings (SSSR count). The van der Waals surface area contributed by atoms with E-state index in [2.05, 4.69) is 15.4 Å². The van der Waals surface area contributed by atoms with Gasteiger partial charge in [-0.25, -0.2) is 14.2 Å². The van der Waals surface area contributed by atoms with E-state index < -0.39 is 35.8 Å². The molecule has 12 heteroatoms. The Morgan fingerprint density at radius 3 is 2.71 bits per heavy atom. The van der Waals surface area contributed by atoms with Crippen LogP contribution in [0.3, 0.4) is 0 Å². The van der Waals surface area contributed by atoms with Crippen molar-refractivity contribution in [3.8, 4) is 6.07 Å². The van der Waals surface area contributed by atoms with Crippen LogP contribution in [0.2, 0.25) is 0 Å². The predicted octanol–water partition coefficient (Wildman–Crippen LogP) is 2.41. The van der Waals surface area contributed by atoms with Gasteiger partial charge in [0.1, 0.15) is 23.9 Å². The number of nitriles is 1. The number of primary amides is 1. The molecular weight excluding hydrogens is 448 g/mol. The number of nitrogens with two attached hydrogens (primary N) is 1. The molecule has 2 aliphatic rings. The van der Waals surface area contributed by atoms with Crippen molar-refractivity contribution in [1.29, 1.82) is 5.26 Å². The number of carbonyl (C=O) groups excluding carboxylic acids is 2. The Hall–Kier alpha value is -3.59. The van der Waals surface area contributed by atoms with E-state index in [0.717, 1.165) is 6.07 Å². The van der Waals surface area contributed by atoms with Gasteiger partial charge in [-0.2, -0.15) is 14.2 Å². The summed E-state index contributed by atoms with van der Waals surface area (Å²) >= 11 is 0. The van der Waals surface area contributed by atoms with Crippen molar-refractivity contribution in [2.45, 2.75) is 51.4 Å². The number of rotatable bonds is 5. The number of carbonyl (C=O) groups is 2. The summed E-state index contributed by atoms with van der Waals surface area (Å²) in [5.74, 6) is -1.40. The zero-order chi connectivity index (χ0) is 25.1. The van der Waals surface area contributed by atoms with Gasteiger partial charge in [0.15, 0.2) is 12.2 Å². The molecule has 0 spiro atoms. The van der Waals surface area contributed by atoms with Crippen molar-refractivity contribution >= 4 is 23.5 Å². The lowest BCUT2D eigenvalue weighted by atomic mass is 10.00. The van der Waals surface area contributed by atoms with Crippen LogP contribution in [0.15, 0.2) is 35.2 Å². The maximum atomic E-state index is 15.5. The highest BCUT2D eigenvalue weighted by atomic mass is 19.1. The molecule has 0 aliphatic carbocycles. The van der Waals surface area contributed by atoms with Crippen LogP contribution >= 0.6 is 0 Å². The number of likely N-dealkylation sites (tertiary alicyclic amines) is 1. The zero-order valence-corrected chi connectivity index (χ0v) is 19.3. The fourth-order valence-corrected chi connectivity index (χ4v) is 3.98. The fraction of sp³-hybridized carbons (Fsp3) is 0.500. The van der Waals surface area contributed by atoms with E-state index in [0.29, 0.717) is 5.69 Å². The largest absolute Gasteiger partial charge is 0.444 e. The van der Waals surface area contributed by atoms with Gasteiger partial charge in [0.2, 0.25) is 11.8 Å². The van der Waals surface area contributed by atoms with Crippen LogP contribution in [0.4, 0.5) is 19.3 Å². The third-order valence-corrected chi connectivity index (χ3v) is 5.46. The quantitative estimate of drug-likeness (QED) is 0.495. The second-order valence-electron chi connectivity index (χ2n) is 9.17. The number of anilines is 1. The molecule has 0 radical (unpaired) electrons. The molecule has 1 aromatic rings. The standard InChI is InChI=1S/C22H27F2N7O3/c1-22(2,3)34-21(33)30-9-7-17(16(23)12-30)31(10-4-8-25)13-15(19(26)32)20(29-31)28-14-5-6-18(24)27-11-14/h5-6,11,13,16-17H,4,7,9-10,12H2,1-3H3,(H2-,26,28,29,32)/p+1/t16-,17+,31?/m0/s1. The average molecular weight is 477 g/mol. The number of alkyl halides is 1. The first-order valence-electron chi connectivity index (χ1n) is 10.8. The van der Waals surface area contributed by atoms with Crippen molar-refractivity contribution in [2.24, 2.45) is 10.8 Å². The van der Waals surface area contributed by atoms with Crippen LogP contribution in [-0.4, -0.2) is 69.8 Å². The molecular formula is C22H28F2N7O3+. The summed E-state index contributed by atoms with van der Waals surface area (Å²) in [6.45, 7) is 5.28. The summed E-state index contributed by atoms with van der Waals surface area (Å²) in [7, 11) is 0. The van der Waals surface area contributed by atoms with Crippen molar-refractivity contribution in [2.75, 3.05) is 25.0 Å². The Morgan fingerprint density at radius 2 is 2.15 bits per heavy atom. The van der Waals surface area contributed by atoms with Gasteiger partial charge >= 0.3 is 6.09 Å². The Bertz CT molecular complexity index is 1050. The van der Waals surface area contributed by atoms with Crippen LogP contribution in [0.5, 0.6) is 0 Å². The molecule has 0 aromatic carbocycles. The first-order valence-corrected chi connectivity index (χ1v) is 10.8. The number of hydrogen-bond donors (Lipinski definition) is 2. The smallest absolute Gasteiger partial charge is 0.410 e. The molecule has 0 bridgehead atoms. The van der Waals surface area contributed by atoms with Crippen LogP contribution in [0, 0.1) is 17.3 Å². The zero-order valence-electron chi connectivity index (χ0n) is 19.3. The van der Waals surface area contributed by atoms with E-state index in [9.17, 15) is 19.2 Å². The van der Waals surface area contributed by atoms with Crippen molar-refractivity contribution in [3.63, 3.8) is 0 Å². The number of nitrogens with one attached hydrogen (secondary N) is 1. The van der Waals surface area contributed by atoms with E-state index in [4.69, 9.17) is 10.5 Å². The molecule has 1 saturated heterocycles. The van der Waals surface area contributed by atoms with Crippen molar-refractivity contribution in [1.82, 2.24) is 9.88 Å². The molecule has 1 aromatic heterocycles. The summed E-state index contributed by atoms with van der Waals surface area (Å²) < 4.78 is 33.6. The minimum absolute atomic E-state index is 0.0176. The van der Waals surface area contributed by atoms with Crippen LogP contribution in [0.1, 0.15) is 33.6 Å². The number of pyridine rings is 1. The minimum atomic E-state index is -1.51. The van der Waals surface area contributed by atoms with Gasteiger partial charge in [-0.1, -0.05) is 5.10 Å². The summed E-state index contributed by atoms with van der Waals surface area (Å²) in [5, 5.41) is 16.7. The maximum absolute atomic E-state index is 15.5. The monoisotopic (exact) mass is 476 g/mol. The second-order valence-corrected chi connectivity index (χ2v) is 9.17. The van der Waals surface area contributed by atoms with E-state index in [1.54, 1.807) is 20.8 Å². The molecule has 182 valence electrons. The van der Waals surface area contributed by atoms with Gasteiger partial charge in [-0.15, -0.1) is 0 Å². The molecule has 3 N–H and O–H groups in total. The van der Waals surface area contributed by atoms with Crippen LogP contribution in [0.25, 0.3) is 0 Å². The first-order chi connectivity index (χ1) is 15.9. The highest BCUT2D eigenvalue weighted by Crippen LogP contribution is 2.34. The lowest BCUT2D eigenvalue weighted by Crippen LogP contribution is -2.59. The van der Waals surface area contributed by atoms with Gasteiger partial charge < -0.3 is 20.7 Å². The summed E-state index contributed by atoms with van der Waals surface area (Å²) in [6.07, 6.45) is 0.789. The Kier molecular flexibility index (Phi) is 7.16. The number of nitrogens with zero attached hydrogens (tertiary/aromatic N) is 5. The molecule has 1 unspecified atom stereocenters. The van der Waals surface area contributed by atoms with Gasteiger partial charge in [-0.3, -0.25) is 4.79 Å². The molecule has 2 amide bonds. The fourth-order valence-electron chi connectivity index (χ4n) is 3.98. The normalized spacial score (nSPS) is 24.6. The minimum Gasteiger partial charge on any atom is -0.444 e. The van der Waals surface area contributed by atoms with Gasteiger partial charge in [-0.05, 0) is 32.9 Å². The number of aromatic nitrogens is 1. The lowest BCUT2D eigenvalue weighted by molar-refractivity contribution is -0.912. The van der Waals surface area contributed by atoms with E-state index >= 15 is 4.39 Å². The Labute approximate surface area is 196 Å². The van der Waals surface area contributed by atoms with Gasteiger partial charge in [0.25, 0.3) is 5.91 Å².